The molecule has 0 saturated carbocycles. The molecule has 4 aromatic rings. The van der Waals surface area contributed by atoms with E-state index in [1.54, 1.807) is 23.2 Å². The van der Waals surface area contributed by atoms with Crippen LogP contribution >= 0.6 is 12.4 Å². The van der Waals surface area contributed by atoms with Gasteiger partial charge in [-0.15, -0.1) is 12.4 Å². The summed E-state index contributed by atoms with van der Waals surface area (Å²) in [5.74, 6) is -1.41. The maximum Gasteiger partial charge on any atom is 0.416 e. The average molecular weight is 712 g/mol. The van der Waals surface area contributed by atoms with Crippen molar-refractivity contribution in [1.29, 1.82) is 0 Å². The van der Waals surface area contributed by atoms with Crippen molar-refractivity contribution in [2.24, 2.45) is 0 Å². The number of aromatic nitrogens is 1. The molecule has 1 unspecified atom stereocenters. The number of nitrogens with one attached hydrogen (secondary N) is 1. The van der Waals surface area contributed by atoms with Gasteiger partial charge in [0.05, 0.1) is 17.7 Å². The van der Waals surface area contributed by atoms with Gasteiger partial charge in [0.15, 0.2) is 0 Å². The Hall–Kier alpha value is -4.30. The maximum atomic E-state index is 13.8. The number of hydrogen-bond donors (Lipinski definition) is 1. The number of benzene rings is 3. The number of piperazine rings is 2. The summed E-state index contributed by atoms with van der Waals surface area (Å²) >= 11 is 0. The smallest absolute Gasteiger partial charge is 0.368 e. The minimum absolute atomic E-state index is 0. The predicted octanol–water partition coefficient (Wildman–Crippen LogP) is 6.48. The van der Waals surface area contributed by atoms with Crippen LogP contribution in [-0.4, -0.2) is 89.9 Å². The number of carbonyl (C=O) groups excluding carboxylic acids is 2. The Labute approximate surface area is 283 Å². The zero-order valence-corrected chi connectivity index (χ0v) is 26.8. The van der Waals surface area contributed by atoms with Crippen molar-refractivity contribution in [3.63, 3.8) is 0 Å². The van der Waals surface area contributed by atoms with Crippen LogP contribution in [0.2, 0.25) is 0 Å². The lowest BCUT2D eigenvalue weighted by molar-refractivity contribution is -0.143. The van der Waals surface area contributed by atoms with Gasteiger partial charge >= 0.3 is 12.4 Å². The number of hydrogen-bond acceptors (Lipinski definition) is 4. The fraction of sp³-hybridized carbons (Fsp3) is 0.353. The Morgan fingerprint density at radius 3 is 2.06 bits per heavy atom. The largest absolute Gasteiger partial charge is 0.416 e. The molecule has 49 heavy (non-hydrogen) atoms. The first-order chi connectivity index (χ1) is 22.8. The molecule has 0 aliphatic carbocycles. The Kier molecular flexibility index (Phi) is 10.5. The number of fused-ring (bicyclic) bond motifs is 1. The summed E-state index contributed by atoms with van der Waals surface area (Å²) in [7, 11) is 0. The molecule has 1 atom stereocenters. The van der Waals surface area contributed by atoms with Gasteiger partial charge in [-0.2, -0.15) is 26.3 Å². The molecule has 2 amide bonds. The zero-order valence-electron chi connectivity index (χ0n) is 26.0. The summed E-state index contributed by atoms with van der Waals surface area (Å²) in [5, 5.41) is 0.871. The van der Waals surface area contributed by atoms with Crippen molar-refractivity contribution in [2.45, 2.75) is 24.8 Å². The molecule has 0 radical (unpaired) electrons. The average Bonchev–Trinajstić information content (AvgIpc) is 3.46. The van der Waals surface area contributed by atoms with Gasteiger partial charge in [0.1, 0.15) is 5.82 Å². The molecule has 0 spiro atoms. The third-order valence-electron chi connectivity index (χ3n) is 8.98. The number of amides is 2. The highest BCUT2D eigenvalue weighted by Gasteiger charge is 2.39. The van der Waals surface area contributed by atoms with Crippen molar-refractivity contribution in [3.8, 4) is 0 Å². The Balaban J connectivity index is 0.00000468. The highest BCUT2D eigenvalue weighted by Crippen LogP contribution is 2.37. The summed E-state index contributed by atoms with van der Waals surface area (Å²) in [6.45, 7) is 2.41. The summed E-state index contributed by atoms with van der Waals surface area (Å²) in [6, 6.07) is 13.8. The fourth-order valence-electron chi connectivity index (χ4n) is 6.46. The number of carbonyl (C=O) groups is 2. The van der Waals surface area contributed by atoms with Crippen LogP contribution in [0.1, 0.15) is 27.0 Å². The summed E-state index contributed by atoms with van der Waals surface area (Å²) in [4.78, 5) is 37.3. The molecule has 3 heterocycles. The van der Waals surface area contributed by atoms with Crippen LogP contribution < -0.4 is 4.90 Å². The van der Waals surface area contributed by atoms with Crippen molar-refractivity contribution >= 4 is 40.8 Å². The third kappa shape index (κ3) is 8.13. The molecule has 2 aliphatic heterocycles. The van der Waals surface area contributed by atoms with Gasteiger partial charge in [-0.3, -0.25) is 14.5 Å². The number of nitrogens with zero attached hydrogens (tertiary/aromatic N) is 4. The molecule has 0 bridgehead atoms. The summed E-state index contributed by atoms with van der Waals surface area (Å²) in [6.07, 6.45) is -8.17. The van der Waals surface area contributed by atoms with Gasteiger partial charge in [-0.25, -0.2) is 4.39 Å². The van der Waals surface area contributed by atoms with Crippen LogP contribution in [0.4, 0.5) is 36.4 Å². The van der Waals surface area contributed by atoms with Gasteiger partial charge in [-0.1, -0.05) is 18.2 Å². The van der Waals surface area contributed by atoms with Crippen LogP contribution in [0, 0.1) is 5.82 Å². The van der Waals surface area contributed by atoms with E-state index in [0.717, 1.165) is 22.2 Å². The molecule has 6 rings (SSSR count). The van der Waals surface area contributed by atoms with Gasteiger partial charge in [-0.05, 0) is 60.5 Å². The lowest BCUT2D eigenvalue weighted by Gasteiger charge is -2.42. The lowest BCUT2D eigenvalue weighted by Crippen LogP contribution is -2.58. The Bertz CT molecular complexity index is 1750. The van der Waals surface area contributed by atoms with E-state index in [0.29, 0.717) is 38.3 Å². The van der Waals surface area contributed by atoms with Gasteiger partial charge in [0.2, 0.25) is 5.91 Å². The number of alkyl halides is 6. The van der Waals surface area contributed by atoms with Crippen molar-refractivity contribution in [1.82, 2.24) is 19.7 Å². The number of H-pyrrole nitrogens is 1. The first-order valence-electron chi connectivity index (χ1n) is 15.4. The minimum Gasteiger partial charge on any atom is -0.368 e. The highest BCUT2D eigenvalue weighted by molar-refractivity contribution is 5.95. The first-order valence-corrected chi connectivity index (χ1v) is 15.4. The standard InChI is InChI=1S/C34H32F7N5O2.ClH/c35-26-5-7-27(8-6-26)44-10-12-45(13-11-44)31(47)21-43-9-14-46(28(20-43)17-23-19-42-30-4-2-1-3-29(23)30)32(48)22-15-24(33(36,37)38)18-25(16-22)34(39,40)41;/h1-8,15-16,18-19,28,42H,9-14,17,20-21H2;1H. The molecule has 2 aliphatic rings. The van der Waals surface area contributed by atoms with E-state index < -0.39 is 41.0 Å². The number of para-hydroxylation sites is 1. The molecule has 1 aromatic heterocycles. The first kappa shape index (κ1) is 36.0. The molecule has 15 heteroatoms. The van der Waals surface area contributed by atoms with E-state index in [1.165, 1.54) is 17.0 Å². The molecule has 1 N–H and O–H groups in total. The summed E-state index contributed by atoms with van der Waals surface area (Å²) in [5.41, 5.74) is -1.31. The van der Waals surface area contributed by atoms with Crippen molar-refractivity contribution in [3.05, 3.63) is 101 Å². The Morgan fingerprint density at radius 2 is 1.43 bits per heavy atom. The normalized spacial score (nSPS) is 17.7. The van der Waals surface area contributed by atoms with E-state index >= 15 is 0 Å². The van der Waals surface area contributed by atoms with E-state index in [-0.39, 0.29) is 62.8 Å². The van der Waals surface area contributed by atoms with Crippen molar-refractivity contribution < 1.29 is 40.3 Å². The van der Waals surface area contributed by atoms with Crippen molar-refractivity contribution in [2.75, 3.05) is 57.3 Å². The van der Waals surface area contributed by atoms with E-state index in [4.69, 9.17) is 0 Å². The molecule has 3 aromatic carbocycles. The van der Waals surface area contributed by atoms with Crippen LogP contribution in [0.3, 0.4) is 0 Å². The molecule has 7 nitrogen and oxygen atoms in total. The third-order valence-corrected chi connectivity index (χ3v) is 8.98. The van der Waals surface area contributed by atoms with Crippen LogP contribution in [-0.2, 0) is 23.6 Å². The van der Waals surface area contributed by atoms with E-state index in [1.807, 2.05) is 29.2 Å². The molecule has 2 saturated heterocycles. The number of halogens is 8. The fourth-order valence-corrected chi connectivity index (χ4v) is 6.46. The molecule has 2 fully saturated rings. The quantitative estimate of drug-likeness (QED) is 0.233. The van der Waals surface area contributed by atoms with E-state index in [9.17, 15) is 40.3 Å². The van der Waals surface area contributed by atoms with Gasteiger partial charge in [0, 0.05) is 80.2 Å². The second kappa shape index (κ2) is 14.3. The molecule has 262 valence electrons. The van der Waals surface area contributed by atoms with Crippen LogP contribution in [0.5, 0.6) is 0 Å². The highest BCUT2D eigenvalue weighted by atomic mass is 35.5. The lowest BCUT2D eigenvalue weighted by atomic mass is 9.98. The second-order valence-corrected chi connectivity index (χ2v) is 12.1. The number of rotatable bonds is 6. The van der Waals surface area contributed by atoms with Gasteiger partial charge < -0.3 is 19.7 Å². The predicted molar refractivity (Wildman–Crippen MR) is 172 cm³/mol. The number of aromatic amines is 1. The molecular weight excluding hydrogens is 679 g/mol. The maximum absolute atomic E-state index is 13.8. The minimum atomic E-state index is -5.09. The second-order valence-electron chi connectivity index (χ2n) is 12.1. The zero-order chi connectivity index (χ0) is 34.2. The number of anilines is 1. The van der Waals surface area contributed by atoms with E-state index in [2.05, 4.69) is 9.88 Å². The SMILES string of the molecule is Cl.O=C(CN1CCN(C(=O)c2cc(C(F)(F)F)cc(C(F)(F)F)c2)C(Cc2c[nH]c3ccccc23)C1)N1CCN(c2ccc(F)cc2)CC1. The topological polar surface area (TPSA) is 62.9 Å². The van der Waals surface area contributed by atoms with Gasteiger partial charge in [0.25, 0.3) is 5.91 Å². The van der Waals surface area contributed by atoms with Crippen LogP contribution in [0.15, 0.2) is 72.9 Å². The monoisotopic (exact) mass is 711 g/mol. The van der Waals surface area contributed by atoms with Crippen LogP contribution in [0.25, 0.3) is 10.9 Å². The Morgan fingerprint density at radius 1 is 0.796 bits per heavy atom. The molecular formula is C34H33ClF7N5O2. The summed E-state index contributed by atoms with van der Waals surface area (Å²) < 4.78 is 95.0.